The second-order valence-electron chi connectivity index (χ2n) is 5.51. The predicted molar refractivity (Wildman–Crippen MR) is 87.9 cm³/mol. The van der Waals surface area contributed by atoms with Crippen LogP contribution < -0.4 is 5.56 Å². The molecule has 1 unspecified atom stereocenters. The van der Waals surface area contributed by atoms with Gasteiger partial charge in [-0.3, -0.25) is 9.59 Å². The van der Waals surface area contributed by atoms with Gasteiger partial charge in [-0.15, -0.1) is 11.3 Å². The van der Waals surface area contributed by atoms with Crippen molar-refractivity contribution in [1.29, 1.82) is 0 Å². The fraction of sp³-hybridized carbons (Fsp3) is 0.438. The van der Waals surface area contributed by atoms with E-state index in [0.717, 1.165) is 22.7 Å². The molecule has 1 aliphatic rings. The summed E-state index contributed by atoms with van der Waals surface area (Å²) in [5.41, 5.74) is 1.67. The lowest BCUT2D eigenvalue weighted by Gasteiger charge is -2.32. The lowest BCUT2D eigenvalue weighted by molar-refractivity contribution is -0.0229. The minimum Gasteiger partial charge on any atom is -0.367 e. The normalized spacial score (nSPS) is 18.2. The molecule has 1 N–H and O–H groups in total. The SMILES string of the molecule is CCc1[nH]c(=O)c(C(=O)N2CCOC(c3nccs3)C2)cc1C. The molecule has 0 spiro atoms. The third-order valence-corrected chi connectivity index (χ3v) is 4.88. The minimum absolute atomic E-state index is 0.194. The third-order valence-electron chi connectivity index (χ3n) is 4.01. The highest BCUT2D eigenvalue weighted by Crippen LogP contribution is 2.24. The summed E-state index contributed by atoms with van der Waals surface area (Å²) < 4.78 is 5.70. The summed E-state index contributed by atoms with van der Waals surface area (Å²) in [6, 6.07) is 1.69. The zero-order chi connectivity index (χ0) is 16.4. The van der Waals surface area contributed by atoms with Crippen LogP contribution in [0.1, 0.15) is 39.7 Å². The van der Waals surface area contributed by atoms with Gasteiger partial charge >= 0.3 is 0 Å². The molecule has 1 atom stereocenters. The van der Waals surface area contributed by atoms with E-state index in [2.05, 4.69) is 9.97 Å². The van der Waals surface area contributed by atoms with E-state index in [1.807, 2.05) is 19.2 Å². The van der Waals surface area contributed by atoms with Crippen LogP contribution in [0.4, 0.5) is 0 Å². The molecule has 0 radical (unpaired) electrons. The Morgan fingerprint density at radius 2 is 2.39 bits per heavy atom. The molecule has 0 aromatic carbocycles. The smallest absolute Gasteiger partial charge is 0.261 e. The fourth-order valence-electron chi connectivity index (χ4n) is 2.75. The largest absolute Gasteiger partial charge is 0.367 e. The van der Waals surface area contributed by atoms with Crippen LogP contribution in [-0.4, -0.2) is 40.5 Å². The Balaban J connectivity index is 1.83. The van der Waals surface area contributed by atoms with Crippen LogP contribution in [0.3, 0.4) is 0 Å². The molecule has 1 saturated heterocycles. The van der Waals surface area contributed by atoms with E-state index in [4.69, 9.17) is 4.74 Å². The summed E-state index contributed by atoms with van der Waals surface area (Å²) in [6.45, 7) is 5.22. The Morgan fingerprint density at radius 3 is 3.09 bits per heavy atom. The van der Waals surface area contributed by atoms with Gasteiger partial charge in [0.2, 0.25) is 0 Å². The average Bonchev–Trinajstić information content (AvgIpc) is 3.10. The second-order valence-corrected chi connectivity index (χ2v) is 6.43. The molecule has 1 aliphatic heterocycles. The highest BCUT2D eigenvalue weighted by atomic mass is 32.1. The Bertz CT molecular complexity index is 754. The molecule has 3 rings (SSSR count). The molecular weight excluding hydrogens is 314 g/mol. The van der Waals surface area contributed by atoms with Crippen molar-refractivity contribution >= 4 is 17.2 Å². The van der Waals surface area contributed by atoms with E-state index in [1.54, 1.807) is 17.2 Å². The number of carbonyl (C=O) groups excluding carboxylic acids is 1. The number of rotatable bonds is 3. The molecule has 2 aromatic rings. The molecule has 0 saturated carbocycles. The van der Waals surface area contributed by atoms with Crippen molar-refractivity contribution in [3.8, 4) is 0 Å². The molecule has 6 nitrogen and oxygen atoms in total. The maximum Gasteiger partial charge on any atom is 0.261 e. The van der Waals surface area contributed by atoms with Crippen molar-refractivity contribution in [2.24, 2.45) is 0 Å². The number of pyridine rings is 1. The van der Waals surface area contributed by atoms with E-state index in [9.17, 15) is 9.59 Å². The van der Waals surface area contributed by atoms with Crippen LogP contribution in [0, 0.1) is 6.92 Å². The average molecular weight is 333 g/mol. The van der Waals surface area contributed by atoms with Crippen molar-refractivity contribution in [3.05, 3.63) is 49.8 Å². The van der Waals surface area contributed by atoms with Crippen molar-refractivity contribution in [2.75, 3.05) is 19.7 Å². The first kappa shape index (κ1) is 15.9. The number of hydrogen-bond acceptors (Lipinski definition) is 5. The van der Waals surface area contributed by atoms with Crippen LogP contribution in [-0.2, 0) is 11.2 Å². The van der Waals surface area contributed by atoms with Gasteiger partial charge in [0, 0.05) is 23.8 Å². The van der Waals surface area contributed by atoms with Crippen LogP contribution >= 0.6 is 11.3 Å². The van der Waals surface area contributed by atoms with Gasteiger partial charge in [-0.2, -0.15) is 0 Å². The van der Waals surface area contributed by atoms with Gasteiger partial charge in [0.1, 0.15) is 16.7 Å². The van der Waals surface area contributed by atoms with E-state index in [1.165, 1.54) is 11.3 Å². The van der Waals surface area contributed by atoms with Gasteiger partial charge in [0.05, 0.1) is 13.2 Å². The number of H-pyrrole nitrogens is 1. The number of ether oxygens (including phenoxy) is 1. The van der Waals surface area contributed by atoms with Crippen LogP contribution in [0.5, 0.6) is 0 Å². The maximum absolute atomic E-state index is 12.7. The van der Waals surface area contributed by atoms with Crippen LogP contribution in [0.15, 0.2) is 22.4 Å². The number of aromatic amines is 1. The quantitative estimate of drug-likeness (QED) is 0.931. The van der Waals surface area contributed by atoms with Crippen molar-refractivity contribution in [1.82, 2.24) is 14.9 Å². The maximum atomic E-state index is 12.7. The molecule has 122 valence electrons. The zero-order valence-electron chi connectivity index (χ0n) is 13.2. The molecule has 2 aromatic heterocycles. The number of carbonyl (C=O) groups is 1. The molecule has 23 heavy (non-hydrogen) atoms. The number of hydrogen-bond donors (Lipinski definition) is 1. The summed E-state index contributed by atoms with van der Waals surface area (Å²) in [5, 5.41) is 2.74. The van der Waals surface area contributed by atoms with Crippen molar-refractivity contribution < 1.29 is 9.53 Å². The highest BCUT2D eigenvalue weighted by Gasteiger charge is 2.28. The Kier molecular flexibility index (Phi) is 4.58. The minimum atomic E-state index is -0.324. The van der Waals surface area contributed by atoms with Gasteiger partial charge in [-0.05, 0) is 25.0 Å². The monoisotopic (exact) mass is 333 g/mol. The first-order chi connectivity index (χ1) is 11.1. The summed E-state index contributed by atoms with van der Waals surface area (Å²) in [7, 11) is 0. The number of nitrogens with zero attached hydrogens (tertiary/aromatic N) is 2. The Morgan fingerprint density at radius 1 is 1.57 bits per heavy atom. The molecular formula is C16H19N3O3S. The number of aryl methyl sites for hydroxylation is 2. The molecule has 0 aliphatic carbocycles. The topological polar surface area (TPSA) is 75.3 Å². The van der Waals surface area contributed by atoms with Crippen LogP contribution in [0.2, 0.25) is 0 Å². The molecule has 0 bridgehead atoms. The number of morpholine rings is 1. The fourth-order valence-corrected chi connectivity index (χ4v) is 3.42. The first-order valence-electron chi connectivity index (χ1n) is 7.63. The molecule has 1 amide bonds. The summed E-state index contributed by atoms with van der Waals surface area (Å²) in [4.78, 5) is 33.7. The molecule has 3 heterocycles. The highest BCUT2D eigenvalue weighted by molar-refractivity contribution is 7.09. The van der Waals surface area contributed by atoms with E-state index in [-0.39, 0.29) is 23.1 Å². The Labute approximate surface area is 138 Å². The van der Waals surface area contributed by atoms with E-state index < -0.39 is 0 Å². The van der Waals surface area contributed by atoms with Crippen molar-refractivity contribution in [2.45, 2.75) is 26.4 Å². The Hall–Kier alpha value is -1.99. The summed E-state index contributed by atoms with van der Waals surface area (Å²) in [6.07, 6.45) is 2.24. The summed E-state index contributed by atoms with van der Waals surface area (Å²) in [5.74, 6) is -0.248. The van der Waals surface area contributed by atoms with Gasteiger partial charge in [-0.25, -0.2) is 4.98 Å². The van der Waals surface area contributed by atoms with E-state index in [0.29, 0.717) is 19.7 Å². The number of nitrogens with one attached hydrogen (secondary N) is 1. The van der Waals surface area contributed by atoms with Crippen molar-refractivity contribution in [3.63, 3.8) is 0 Å². The zero-order valence-corrected chi connectivity index (χ0v) is 14.0. The standard InChI is InChI=1S/C16H19N3O3S/c1-3-12-10(2)8-11(14(20)18-12)16(21)19-5-6-22-13(9-19)15-17-4-7-23-15/h4,7-8,13H,3,5-6,9H2,1-2H3,(H,18,20). The van der Waals surface area contributed by atoms with Gasteiger partial charge in [0.15, 0.2) is 0 Å². The molecule has 7 heteroatoms. The van der Waals surface area contributed by atoms with Crippen LogP contribution in [0.25, 0.3) is 0 Å². The van der Waals surface area contributed by atoms with Gasteiger partial charge < -0.3 is 14.6 Å². The lowest BCUT2D eigenvalue weighted by Crippen LogP contribution is -2.44. The summed E-state index contributed by atoms with van der Waals surface area (Å²) >= 11 is 1.51. The first-order valence-corrected chi connectivity index (χ1v) is 8.51. The number of aromatic nitrogens is 2. The third kappa shape index (κ3) is 3.20. The van der Waals surface area contributed by atoms with E-state index >= 15 is 0 Å². The lowest BCUT2D eigenvalue weighted by atomic mass is 10.1. The van der Waals surface area contributed by atoms with Gasteiger partial charge in [-0.1, -0.05) is 6.92 Å². The predicted octanol–water partition coefficient (Wildman–Crippen LogP) is 1.92. The molecule has 1 fully saturated rings. The number of amides is 1. The number of thiazole rings is 1. The second kappa shape index (κ2) is 6.64. The van der Waals surface area contributed by atoms with Gasteiger partial charge in [0.25, 0.3) is 11.5 Å².